The van der Waals surface area contributed by atoms with Crippen molar-refractivity contribution in [2.45, 2.75) is 19.3 Å². The van der Waals surface area contributed by atoms with E-state index in [-0.39, 0.29) is 0 Å². The van der Waals surface area contributed by atoms with Crippen molar-refractivity contribution in [1.29, 1.82) is 0 Å². The van der Waals surface area contributed by atoms with Crippen molar-refractivity contribution in [2.75, 3.05) is 0 Å². The molecule has 0 aliphatic carbocycles. The molecule has 1 heterocycles. The van der Waals surface area contributed by atoms with Crippen molar-refractivity contribution in [2.24, 2.45) is 0 Å². The van der Waals surface area contributed by atoms with Crippen LogP contribution in [0.1, 0.15) is 17.8 Å². The van der Waals surface area contributed by atoms with Crippen molar-refractivity contribution < 1.29 is 0 Å². The van der Waals surface area contributed by atoms with Crippen LogP contribution < -0.4 is 0 Å². The van der Waals surface area contributed by atoms with Gasteiger partial charge in [0, 0.05) is 12.8 Å². The molecular formula is C12H11NS. The molecule has 0 bridgehead atoms. The molecule has 0 saturated heterocycles. The largest absolute Gasteiger partial charge is 0.241 e. The second kappa shape index (κ2) is 4.26. The van der Waals surface area contributed by atoms with E-state index in [9.17, 15) is 0 Å². The van der Waals surface area contributed by atoms with Gasteiger partial charge in [-0.15, -0.1) is 23.7 Å². The molecule has 2 rings (SSSR count). The van der Waals surface area contributed by atoms with Crippen LogP contribution in [0.5, 0.6) is 0 Å². The Morgan fingerprint density at radius 1 is 1.36 bits per heavy atom. The van der Waals surface area contributed by atoms with Crippen LogP contribution in [0.15, 0.2) is 24.3 Å². The summed E-state index contributed by atoms with van der Waals surface area (Å²) in [6.45, 7) is 0. The predicted octanol–water partition coefficient (Wildman–Crippen LogP) is 3.25. The van der Waals surface area contributed by atoms with Gasteiger partial charge in [-0.25, -0.2) is 4.98 Å². The van der Waals surface area contributed by atoms with Crippen LogP contribution in [0.3, 0.4) is 0 Å². The SMILES string of the molecule is C#CCCCc1nc2ccccc2s1. The first-order valence-corrected chi connectivity index (χ1v) is 5.50. The van der Waals surface area contributed by atoms with E-state index in [1.807, 2.05) is 12.1 Å². The first kappa shape index (κ1) is 9.23. The lowest BCUT2D eigenvalue weighted by Crippen LogP contribution is -1.81. The van der Waals surface area contributed by atoms with Gasteiger partial charge in [-0.1, -0.05) is 12.1 Å². The molecule has 2 aromatic rings. The number of unbranched alkanes of at least 4 members (excludes halogenated alkanes) is 1. The van der Waals surface area contributed by atoms with Gasteiger partial charge in [0.15, 0.2) is 0 Å². The van der Waals surface area contributed by atoms with Gasteiger partial charge in [0.05, 0.1) is 15.2 Å². The van der Waals surface area contributed by atoms with E-state index in [1.54, 1.807) is 11.3 Å². The van der Waals surface area contributed by atoms with Gasteiger partial charge >= 0.3 is 0 Å². The number of hydrogen-bond acceptors (Lipinski definition) is 2. The Hall–Kier alpha value is -1.33. The molecule has 0 amide bonds. The van der Waals surface area contributed by atoms with Crippen LogP contribution in [0.2, 0.25) is 0 Å². The maximum atomic E-state index is 5.20. The Morgan fingerprint density at radius 3 is 3.00 bits per heavy atom. The third kappa shape index (κ3) is 1.94. The minimum atomic E-state index is 0.843. The topological polar surface area (TPSA) is 12.9 Å². The van der Waals surface area contributed by atoms with Gasteiger partial charge in [0.1, 0.15) is 0 Å². The van der Waals surface area contributed by atoms with E-state index in [1.165, 1.54) is 9.71 Å². The maximum absolute atomic E-state index is 5.20. The minimum Gasteiger partial charge on any atom is -0.241 e. The Bertz CT molecular complexity index is 431. The van der Waals surface area contributed by atoms with Gasteiger partial charge in [0.2, 0.25) is 0 Å². The molecule has 0 unspecified atom stereocenters. The highest BCUT2D eigenvalue weighted by Gasteiger charge is 2.01. The second-order valence-corrected chi connectivity index (χ2v) is 4.25. The van der Waals surface area contributed by atoms with Crippen LogP contribution in [-0.4, -0.2) is 4.98 Å². The molecular weight excluding hydrogens is 190 g/mol. The number of hydrogen-bond donors (Lipinski definition) is 0. The lowest BCUT2D eigenvalue weighted by Gasteiger charge is -1.89. The zero-order chi connectivity index (χ0) is 9.80. The highest BCUT2D eigenvalue weighted by atomic mass is 32.1. The summed E-state index contributed by atoms with van der Waals surface area (Å²) in [5, 5.41) is 1.20. The average molecular weight is 201 g/mol. The Balaban J connectivity index is 2.15. The number of benzene rings is 1. The number of terminal acetylenes is 1. The van der Waals surface area contributed by atoms with Gasteiger partial charge in [0.25, 0.3) is 0 Å². The lowest BCUT2D eigenvalue weighted by atomic mass is 10.2. The number of aryl methyl sites for hydroxylation is 1. The second-order valence-electron chi connectivity index (χ2n) is 3.13. The monoisotopic (exact) mass is 201 g/mol. The predicted molar refractivity (Wildman–Crippen MR) is 61.4 cm³/mol. The fourth-order valence-electron chi connectivity index (χ4n) is 1.37. The van der Waals surface area contributed by atoms with Crippen molar-refractivity contribution in [1.82, 2.24) is 4.98 Å². The van der Waals surface area contributed by atoms with Crippen molar-refractivity contribution >= 4 is 21.6 Å². The van der Waals surface area contributed by atoms with Gasteiger partial charge < -0.3 is 0 Å². The van der Waals surface area contributed by atoms with Gasteiger partial charge in [-0.05, 0) is 18.6 Å². The van der Waals surface area contributed by atoms with Crippen molar-refractivity contribution in [3.05, 3.63) is 29.3 Å². The van der Waals surface area contributed by atoms with E-state index in [0.29, 0.717) is 0 Å². The number of thiazole rings is 1. The van der Waals surface area contributed by atoms with Gasteiger partial charge in [-0.2, -0.15) is 0 Å². The summed E-state index contributed by atoms with van der Waals surface area (Å²) in [5.74, 6) is 2.65. The van der Waals surface area contributed by atoms with Crippen LogP contribution >= 0.6 is 11.3 Å². The summed E-state index contributed by atoms with van der Waals surface area (Å²) in [7, 11) is 0. The molecule has 0 aliphatic rings. The Labute approximate surface area is 87.8 Å². The molecule has 0 radical (unpaired) electrons. The van der Waals surface area contributed by atoms with Crippen LogP contribution in [0.4, 0.5) is 0 Å². The quantitative estimate of drug-likeness (QED) is 0.548. The zero-order valence-corrected chi connectivity index (χ0v) is 8.68. The van der Waals surface area contributed by atoms with E-state index in [4.69, 9.17) is 6.42 Å². The van der Waals surface area contributed by atoms with E-state index >= 15 is 0 Å². The van der Waals surface area contributed by atoms with E-state index < -0.39 is 0 Å². The first-order valence-electron chi connectivity index (χ1n) is 4.68. The number of para-hydroxylation sites is 1. The summed E-state index contributed by atoms with van der Waals surface area (Å²) in [4.78, 5) is 4.53. The highest BCUT2D eigenvalue weighted by Crippen LogP contribution is 2.22. The van der Waals surface area contributed by atoms with Gasteiger partial charge in [-0.3, -0.25) is 0 Å². The normalized spacial score (nSPS) is 10.2. The maximum Gasteiger partial charge on any atom is 0.0938 e. The molecule has 0 fully saturated rings. The average Bonchev–Trinajstić information content (AvgIpc) is 2.60. The van der Waals surface area contributed by atoms with Crippen LogP contribution in [-0.2, 0) is 6.42 Å². The summed E-state index contributed by atoms with van der Waals surface area (Å²) < 4.78 is 1.27. The smallest absolute Gasteiger partial charge is 0.0938 e. The van der Waals surface area contributed by atoms with Crippen LogP contribution in [0, 0.1) is 12.3 Å². The molecule has 0 aliphatic heterocycles. The Kier molecular flexibility index (Phi) is 2.81. The third-order valence-electron chi connectivity index (χ3n) is 2.05. The number of nitrogens with zero attached hydrogens (tertiary/aromatic N) is 1. The standard InChI is InChI=1S/C12H11NS/c1-2-3-4-9-12-13-10-7-5-6-8-11(10)14-12/h1,5-8H,3-4,9H2. The number of aromatic nitrogens is 1. The summed E-state index contributed by atoms with van der Waals surface area (Å²) >= 11 is 1.77. The van der Waals surface area contributed by atoms with Crippen molar-refractivity contribution in [3.63, 3.8) is 0 Å². The molecule has 0 N–H and O–H groups in total. The van der Waals surface area contributed by atoms with Crippen LogP contribution in [0.25, 0.3) is 10.2 Å². The summed E-state index contributed by atoms with van der Waals surface area (Å²) in [6.07, 6.45) is 8.09. The van der Waals surface area contributed by atoms with Crippen molar-refractivity contribution in [3.8, 4) is 12.3 Å². The summed E-state index contributed by atoms with van der Waals surface area (Å²) in [5.41, 5.74) is 1.10. The highest BCUT2D eigenvalue weighted by molar-refractivity contribution is 7.18. The number of rotatable bonds is 3. The molecule has 1 nitrogen and oxygen atoms in total. The first-order chi connectivity index (χ1) is 6.90. The lowest BCUT2D eigenvalue weighted by molar-refractivity contribution is 0.852. The van der Waals surface area contributed by atoms with E-state index in [2.05, 4.69) is 23.0 Å². The van der Waals surface area contributed by atoms with E-state index in [0.717, 1.165) is 24.8 Å². The molecule has 1 aromatic carbocycles. The molecule has 1 aromatic heterocycles. The molecule has 2 heteroatoms. The minimum absolute atomic E-state index is 0.843. The fourth-order valence-corrected chi connectivity index (χ4v) is 2.38. The molecule has 0 spiro atoms. The fraction of sp³-hybridized carbons (Fsp3) is 0.250. The third-order valence-corrected chi connectivity index (χ3v) is 3.15. The molecule has 70 valence electrons. The zero-order valence-electron chi connectivity index (χ0n) is 7.86. The molecule has 0 saturated carbocycles. The molecule has 14 heavy (non-hydrogen) atoms. The number of fused-ring (bicyclic) bond motifs is 1. The molecule has 0 atom stereocenters. The summed E-state index contributed by atoms with van der Waals surface area (Å²) in [6, 6.07) is 8.23. The Morgan fingerprint density at radius 2 is 2.21 bits per heavy atom.